The Kier molecular flexibility index (Phi) is 5.87. The molecule has 1 N–H and O–H groups in total. The van der Waals surface area contributed by atoms with Crippen molar-refractivity contribution in [3.05, 3.63) is 14.7 Å². The Morgan fingerprint density at radius 3 is 2.67 bits per heavy atom. The molecule has 0 amide bonds. The van der Waals surface area contributed by atoms with Crippen molar-refractivity contribution in [2.45, 2.75) is 51.1 Å². The van der Waals surface area contributed by atoms with Gasteiger partial charge in [-0.05, 0) is 40.8 Å². The van der Waals surface area contributed by atoms with E-state index in [0.29, 0.717) is 40.3 Å². The van der Waals surface area contributed by atoms with Gasteiger partial charge in [0.1, 0.15) is 4.90 Å². The van der Waals surface area contributed by atoms with Gasteiger partial charge in [0.25, 0.3) is 0 Å². The Morgan fingerprint density at radius 1 is 1.48 bits per heavy atom. The number of hydrogen-bond donors (Lipinski definition) is 1. The summed E-state index contributed by atoms with van der Waals surface area (Å²) >= 11 is 4.92. The maximum atomic E-state index is 12.8. The van der Waals surface area contributed by atoms with E-state index in [4.69, 9.17) is 0 Å². The van der Waals surface area contributed by atoms with E-state index in [9.17, 15) is 8.42 Å². The van der Waals surface area contributed by atoms with Crippen molar-refractivity contribution in [3.8, 4) is 0 Å². The summed E-state index contributed by atoms with van der Waals surface area (Å²) in [6.07, 6.45) is 2.31. The first-order chi connectivity index (χ1) is 9.84. The van der Waals surface area contributed by atoms with Crippen molar-refractivity contribution in [1.82, 2.24) is 9.62 Å². The lowest BCUT2D eigenvalue weighted by molar-refractivity contribution is 0.412. The maximum absolute atomic E-state index is 12.8. The normalized spacial score (nSPS) is 16.1. The molecule has 1 aliphatic rings. The van der Waals surface area contributed by atoms with E-state index in [1.54, 1.807) is 10.4 Å². The Hall–Kier alpha value is 0.0500. The summed E-state index contributed by atoms with van der Waals surface area (Å²) < 4.78 is 27.9. The van der Waals surface area contributed by atoms with Gasteiger partial charge in [0.05, 0.1) is 3.79 Å². The Balaban J connectivity index is 2.18. The number of sulfonamides is 1. The molecule has 0 aromatic carbocycles. The molecule has 1 heterocycles. The van der Waals surface area contributed by atoms with Gasteiger partial charge in [-0.3, -0.25) is 0 Å². The number of thiophene rings is 1. The van der Waals surface area contributed by atoms with E-state index < -0.39 is 10.0 Å². The number of rotatable bonds is 8. The van der Waals surface area contributed by atoms with E-state index in [0.717, 1.165) is 17.7 Å². The van der Waals surface area contributed by atoms with Gasteiger partial charge in [0.2, 0.25) is 10.0 Å². The lowest BCUT2D eigenvalue weighted by Gasteiger charge is -2.19. The smallest absolute Gasteiger partial charge is 0.245 e. The fraction of sp³-hybridized carbons (Fsp3) is 0.714. The summed E-state index contributed by atoms with van der Waals surface area (Å²) in [5, 5.41) is 3.32. The van der Waals surface area contributed by atoms with Gasteiger partial charge in [-0.15, -0.1) is 11.3 Å². The van der Waals surface area contributed by atoms with E-state index in [1.165, 1.54) is 11.3 Å². The van der Waals surface area contributed by atoms with E-state index in [-0.39, 0.29) is 0 Å². The van der Waals surface area contributed by atoms with Crippen molar-refractivity contribution >= 4 is 37.3 Å². The molecule has 21 heavy (non-hydrogen) atoms. The first kappa shape index (κ1) is 17.4. The minimum absolute atomic E-state index is 0.382. The largest absolute Gasteiger partial charge is 0.310 e. The summed E-state index contributed by atoms with van der Waals surface area (Å²) in [5.41, 5.74) is 0. The molecule has 4 nitrogen and oxygen atoms in total. The topological polar surface area (TPSA) is 49.4 Å². The Bertz CT molecular complexity index is 580. The van der Waals surface area contributed by atoms with Crippen molar-refractivity contribution < 1.29 is 8.42 Å². The molecule has 120 valence electrons. The molecule has 0 aliphatic heterocycles. The highest BCUT2D eigenvalue weighted by molar-refractivity contribution is 9.11. The van der Waals surface area contributed by atoms with Crippen LogP contribution in [0.1, 0.15) is 38.5 Å². The zero-order chi connectivity index (χ0) is 15.6. The molecular formula is C14H23BrN2O2S2. The highest BCUT2D eigenvalue weighted by Gasteiger charge is 2.32. The highest BCUT2D eigenvalue weighted by atomic mass is 79.9. The van der Waals surface area contributed by atoms with Crippen molar-refractivity contribution in [1.29, 1.82) is 0 Å². The number of nitrogens with zero attached hydrogens (tertiary/aromatic N) is 1. The number of hydrogen-bond acceptors (Lipinski definition) is 4. The molecule has 0 spiro atoms. The van der Waals surface area contributed by atoms with Crippen LogP contribution in [0.15, 0.2) is 14.7 Å². The second-order valence-electron chi connectivity index (χ2n) is 5.79. The van der Waals surface area contributed by atoms with Gasteiger partial charge >= 0.3 is 0 Å². The molecule has 1 aromatic heterocycles. The fourth-order valence-electron chi connectivity index (χ4n) is 2.09. The van der Waals surface area contributed by atoms with Crippen LogP contribution in [0.3, 0.4) is 0 Å². The number of halogens is 1. The second kappa shape index (κ2) is 7.08. The van der Waals surface area contributed by atoms with Gasteiger partial charge in [0.15, 0.2) is 0 Å². The average Bonchev–Trinajstić information content (AvgIpc) is 3.14. The van der Waals surface area contributed by atoms with Gasteiger partial charge in [-0.2, -0.15) is 4.31 Å². The fourth-order valence-corrected chi connectivity index (χ4v) is 6.20. The molecule has 1 aliphatic carbocycles. The molecule has 7 heteroatoms. The van der Waals surface area contributed by atoms with E-state index in [1.807, 2.05) is 6.92 Å². The van der Waals surface area contributed by atoms with E-state index in [2.05, 4.69) is 35.1 Å². The molecule has 1 fully saturated rings. The summed E-state index contributed by atoms with van der Waals surface area (Å²) in [5.74, 6) is 0.555. The van der Waals surface area contributed by atoms with Crippen LogP contribution in [0.5, 0.6) is 0 Å². The van der Waals surface area contributed by atoms with Crippen molar-refractivity contribution in [2.75, 3.05) is 13.1 Å². The minimum Gasteiger partial charge on any atom is -0.310 e. The molecular weight excluding hydrogens is 372 g/mol. The third kappa shape index (κ3) is 4.51. The summed E-state index contributed by atoms with van der Waals surface area (Å²) in [6.45, 7) is 7.94. The first-order valence-corrected chi connectivity index (χ1v) is 10.4. The summed E-state index contributed by atoms with van der Waals surface area (Å²) in [6, 6.07) is 2.18. The first-order valence-electron chi connectivity index (χ1n) is 7.36. The lowest BCUT2D eigenvalue weighted by atomic mass is 10.4. The molecule has 0 atom stereocenters. The molecule has 1 saturated carbocycles. The van der Waals surface area contributed by atoms with Crippen LogP contribution in [0, 0.1) is 5.92 Å². The quantitative estimate of drug-likeness (QED) is 0.734. The van der Waals surface area contributed by atoms with Crippen LogP contribution in [-0.2, 0) is 16.6 Å². The van der Waals surface area contributed by atoms with Crippen LogP contribution >= 0.6 is 27.3 Å². The van der Waals surface area contributed by atoms with Crippen molar-refractivity contribution in [3.63, 3.8) is 0 Å². The Morgan fingerprint density at radius 2 is 2.14 bits per heavy atom. The van der Waals surface area contributed by atoms with Gasteiger partial charge in [-0.25, -0.2) is 8.42 Å². The maximum Gasteiger partial charge on any atom is 0.245 e. The SMILES string of the molecule is CCN(CC1CC1)S(=O)(=O)c1cc(CNC(C)C)sc1Br. The van der Waals surface area contributed by atoms with Gasteiger partial charge < -0.3 is 5.32 Å². The summed E-state index contributed by atoms with van der Waals surface area (Å²) in [4.78, 5) is 1.45. The predicted octanol–water partition coefficient (Wildman–Crippen LogP) is 3.43. The third-order valence-corrected chi connectivity index (χ3v) is 7.71. The molecule has 0 radical (unpaired) electrons. The van der Waals surface area contributed by atoms with Crippen LogP contribution < -0.4 is 5.32 Å². The third-order valence-electron chi connectivity index (χ3n) is 3.52. The zero-order valence-electron chi connectivity index (χ0n) is 12.7. The average molecular weight is 395 g/mol. The van der Waals surface area contributed by atoms with Crippen LogP contribution in [0.25, 0.3) is 0 Å². The Labute approximate surface area is 140 Å². The van der Waals surface area contributed by atoms with Gasteiger partial charge in [-0.1, -0.05) is 20.8 Å². The number of nitrogens with one attached hydrogen (secondary N) is 1. The summed E-state index contributed by atoms with van der Waals surface area (Å²) in [7, 11) is -3.39. The lowest BCUT2D eigenvalue weighted by Crippen LogP contribution is -2.32. The van der Waals surface area contributed by atoms with Gasteiger partial charge in [0, 0.05) is 30.6 Å². The molecule has 0 unspecified atom stereocenters. The standard InChI is InChI=1S/C14H23BrN2O2S2/c1-4-17(9-11-5-6-11)21(18,19)13-7-12(20-14(13)15)8-16-10(2)3/h7,10-11,16H,4-6,8-9H2,1-3H3. The minimum atomic E-state index is -3.39. The second-order valence-corrected chi connectivity index (χ2v) is 10.1. The molecule has 0 bridgehead atoms. The monoisotopic (exact) mass is 394 g/mol. The predicted molar refractivity (Wildman–Crippen MR) is 91.2 cm³/mol. The molecule has 1 aromatic rings. The van der Waals surface area contributed by atoms with Crippen LogP contribution in [-0.4, -0.2) is 31.9 Å². The highest BCUT2D eigenvalue weighted by Crippen LogP contribution is 2.36. The molecule has 0 saturated heterocycles. The molecule has 2 rings (SSSR count). The van der Waals surface area contributed by atoms with Crippen LogP contribution in [0.2, 0.25) is 0 Å². The van der Waals surface area contributed by atoms with E-state index >= 15 is 0 Å². The van der Waals surface area contributed by atoms with Crippen LogP contribution in [0.4, 0.5) is 0 Å². The van der Waals surface area contributed by atoms with Crippen molar-refractivity contribution in [2.24, 2.45) is 5.92 Å². The zero-order valence-corrected chi connectivity index (χ0v) is 15.9.